The molecular weight excluding hydrogens is 761 g/mol. The van der Waals surface area contributed by atoms with Crippen LogP contribution in [0.4, 0.5) is 18.7 Å². The normalized spacial score (nSPS) is 19.8. The number of nitrogens with zero attached hydrogens (tertiary/aromatic N) is 3. The maximum Gasteiger partial charge on any atom is 0.416 e. The molecule has 4 aromatic rings. The van der Waals surface area contributed by atoms with E-state index in [-0.39, 0.29) is 36.0 Å². The number of anilines is 1. The van der Waals surface area contributed by atoms with Crippen molar-refractivity contribution in [1.29, 1.82) is 0 Å². The predicted molar refractivity (Wildman–Crippen MR) is 190 cm³/mol. The van der Waals surface area contributed by atoms with Crippen LogP contribution in [0.2, 0.25) is 10.0 Å². The first-order valence-electron chi connectivity index (χ1n) is 16.7. The number of carbonyl (C=O) groups excluding carboxylic acids is 2. The summed E-state index contributed by atoms with van der Waals surface area (Å²) in [4.78, 5) is 39.3. The number of nitrogens with one attached hydrogen (secondary N) is 1. The summed E-state index contributed by atoms with van der Waals surface area (Å²) < 4.78 is 49.2. The lowest BCUT2D eigenvalue weighted by Crippen LogP contribution is -2.53. The molecule has 4 aliphatic rings. The van der Waals surface area contributed by atoms with Gasteiger partial charge in [0.2, 0.25) is 0 Å². The predicted octanol–water partition coefficient (Wildman–Crippen LogP) is 7.92. The molecule has 17 heteroatoms. The Hall–Kier alpha value is -3.60. The molecule has 52 heavy (non-hydrogen) atoms. The number of esters is 1. The van der Waals surface area contributed by atoms with E-state index in [1.165, 1.54) is 33.6 Å². The monoisotopic (exact) mass is 796 g/mol. The first kappa shape index (κ1) is 38.1. The van der Waals surface area contributed by atoms with Gasteiger partial charge < -0.3 is 24.4 Å². The number of hydrogen-bond donors (Lipinski definition) is 0. The second-order valence-electron chi connectivity index (χ2n) is 12.8. The molecule has 2 N–H and O–H groups in total. The number of rotatable bonds is 14. The van der Waals surface area contributed by atoms with Crippen molar-refractivity contribution in [2.45, 2.75) is 57.5 Å². The van der Waals surface area contributed by atoms with Crippen LogP contribution >= 0.6 is 45.9 Å². The molecule has 11 nitrogen and oxygen atoms in total. The van der Waals surface area contributed by atoms with E-state index >= 15 is 0 Å². The van der Waals surface area contributed by atoms with Gasteiger partial charge in [-0.05, 0) is 80.4 Å². The molecule has 4 fully saturated rings. The van der Waals surface area contributed by atoms with Crippen molar-refractivity contribution >= 4 is 63.1 Å². The molecule has 3 aliphatic heterocycles. The summed E-state index contributed by atoms with van der Waals surface area (Å²) in [7, 11) is 0. The number of pyridine rings is 1. The molecule has 1 aromatic carbocycles. The summed E-state index contributed by atoms with van der Waals surface area (Å²) in [6, 6.07) is 7.86. The van der Waals surface area contributed by atoms with Crippen LogP contribution in [-0.4, -0.2) is 66.4 Å². The van der Waals surface area contributed by atoms with Crippen molar-refractivity contribution in [3.8, 4) is 11.5 Å². The van der Waals surface area contributed by atoms with Gasteiger partial charge in [0, 0.05) is 35.0 Å². The molecule has 2 atom stereocenters. The standard InChI is InChI=1S/C35H34Cl2F2N4O6S2.H2O/c36-25-15-40-16-26(37)24(25)14-28(22-3-5-27(48-33(38)39)29(13-22)46-19-20-1-2-20)47-32(44)31-6-4-23(51-31)17-43(34-41-9-12-50-34)35(45)49-30-18-42-10-7-21(30)8-11-42;/h3-6,9,12-13,15-16,20-21,28,30,33H,1-2,7-8,10-11,14,17-19H2;1H2/t28-,30-;/m0./s1. The number of thiazole rings is 1. The lowest BCUT2D eigenvalue weighted by Gasteiger charge is -2.44. The molecule has 8 rings (SSSR count). The van der Waals surface area contributed by atoms with Gasteiger partial charge in [-0.25, -0.2) is 24.5 Å². The first-order valence-corrected chi connectivity index (χ1v) is 19.1. The van der Waals surface area contributed by atoms with Crippen molar-refractivity contribution in [2.24, 2.45) is 11.8 Å². The minimum Gasteiger partial charge on any atom is -0.870 e. The maximum atomic E-state index is 13.7. The highest BCUT2D eigenvalue weighted by Gasteiger charge is 2.38. The van der Waals surface area contributed by atoms with Crippen LogP contribution in [0, 0.1) is 11.8 Å². The number of thiophene rings is 1. The van der Waals surface area contributed by atoms with E-state index in [1.54, 1.807) is 48.2 Å². The highest BCUT2D eigenvalue weighted by molar-refractivity contribution is 7.14. The highest BCUT2D eigenvalue weighted by Crippen LogP contribution is 2.39. The molecule has 3 saturated heterocycles. The number of piperidine rings is 3. The second kappa shape index (κ2) is 17.0. The van der Waals surface area contributed by atoms with Gasteiger partial charge >= 0.3 is 18.7 Å². The molecule has 1 saturated carbocycles. The van der Waals surface area contributed by atoms with Gasteiger partial charge in [-0.2, -0.15) is 8.78 Å². The zero-order valence-corrected chi connectivity index (χ0v) is 30.9. The third kappa shape index (κ3) is 9.30. The van der Waals surface area contributed by atoms with E-state index in [4.69, 9.17) is 42.1 Å². The van der Waals surface area contributed by atoms with Crippen LogP contribution in [-0.2, 0) is 22.4 Å². The number of carbonyl (C=O) groups is 2. The first-order chi connectivity index (χ1) is 24.7. The highest BCUT2D eigenvalue weighted by atomic mass is 35.5. The van der Waals surface area contributed by atoms with E-state index in [1.807, 2.05) is 0 Å². The smallest absolute Gasteiger partial charge is 0.416 e. The third-order valence-electron chi connectivity index (χ3n) is 9.26. The topological polar surface area (TPSA) is 135 Å². The van der Waals surface area contributed by atoms with Gasteiger partial charge in [-0.3, -0.25) is 4.90 Å². The number of aromatic nitrogens is 2. The number of ether oxygens (including phenoxy) is 4. The Kier molecular flexibility index (Phi) is 12.5. The van der Waals surface area contributed by atoms with E-state index < -0.39 is 24.8 Å². The molecule has 2 bridgehead atoms. The Morgan fingerprint density at radius 2 is 1.83 bits per heavy atom. The van der Waals surface area contributed by atoms with Gasteiger partial charge in [0.25, 0.3) is 0 Å². The maximum absolute atomic E-state index is 13.7. The number of H-pyrrole nitrogens is 1. The van der Waals surface area contributed by atoms with E-state index in [0.29, 0.717) is 54.5 Å². The Balaban J connectivity index is 0.00000464. The molecule has 278 valence electrons. The van der Waals surface area contributed by atoms with Crippen molar-refractivity contribution < 1.29 is 47.8 Å². The molecule has 6 heterocycles. The minimum atomic E-state index is -3.05. The van der Waals surface area contributed by atoms with Crippen LogP contribution in [0.1, 0.15) is 57.5 Å². The number of fused-ring (bicyclic) bond motifs is 3. The van der Waals surface area contributed by atoms with Gasteiger partial charge in [0.1, 0.15) is 27.1 Å². The second-order valence-corrected chi connectivity index (χ2v) is 15.6. The average molecular weight is 798 g/mol. The number of alkyl halides is 2. The zero-order chi connectivity index (χ0) is 35.5. The number of benzene rings is 1. The van der Waals surface area contributed by atoms with Gasteiger partial charge in [-0.15, -0.1) is 22.7 Å². The summed E-state index contributed by atoms with van der Waals surface area (Å²) in [5.41, 5.74) is 0.994. The molecule has 3 aromatic heterocycles. The SMILES string of the molecule is O=C(O[C@@H](Cc1c(Cl)c[nH+]cc1Cl)c1ccc(OC(F)F)c(OCC2CC2)c1)c1ccc(CN(C(=O)O[C@H]2CN3CCC2CC3)c2nccs2)s1.[OH-]. The Labute approximate surface area is 316 Å². The van der Waals surface area contributed by atoms with Gasteiger partial charge in [0.05, 0.1) is 13.2 Å². The van der Waals surface area contributed by atoms with Crippen molar-refractivity contribution in [3.63, 3.8) is 0 Å². The largest absolute Gasteiger partial charge is 0.870 e. The summed E-state index contributed by atoms with van der Waals surface area (Å²) >= 11 is 15.5. The summed E-state index contributed by atoms with van der Waals surface area (Å²) in [6.07, 6.45) is 7.26. The molecule has 0 spiro atoms. The summed E-state index contributed by atoms with van der Waals surface area (Å²) in [6.45, 7) is 0.235. The Morgan fingerprint density at radius 3 is 2.48 bits per heavy atom. The Morgan fingerprint density at radius 1 is 1.06 bits per heavy atom. The molecular formula is C35H36Cl2F2N4O7S2. The molecule has 1 amide bonds. The van der Waals surface area contributed by atoms with Gasteiger partial charge in [-0.1, -0.05) is 29.3 Å². The van der Waals surface area contributed by atoms with E-state index in [9.17, 15) is 18.4 Å². The zero-order valence-electron chi connectivity index (χ0n) is 27.7. The average Bonchev–Trinajstić information content (AvgIpc) is 3.55. The number of aromatic amines is 1. The molecule has 1 aliphatic carbocycles. The fourth-order valence-electron chi connectivity index (χ4n) is 6.32. The van der Waals surface area contributed by atoms with Crippen LogP contribution < -0.4 is 19.4 Å². The third-order valence-corrected chi connectivity index (χ3v) is 11.8. The Bertz CT molecular complexity index is 1820. The fourth-order valence-corrected chi connectivity index (χ4v) is 8.36. The summed E-state index contributed by atoms with van der Waals surface area (Å²) in [5, 5.41) is 2.94. The number of halogens is 4. The van der Waals surface area contributed by atoms with Crippen LogP contribution in [0.3, 0.4) is 0 Å². The quantitative estimate of drug-likeness (QED) is 0.117. The molecule has 0 radical (unpaired) electrons. The van der Waals surface area contributed by atoms with Crippen molar-refractivity contribution in [1.82, 2.24) is 9.88 Å². The number of hydrogen-bond acceptors (Lipinski definition) is 11. The molecule has 0 unspecified atom stereocenters. The van der Waals surface area contributed by atoms with Crippen molar-refractivity contribution in [2.75, 3.05) is 31.1 Å². The van der Waals surface area contributed by atoms with Crippen LogP contribution in [0.5, 0.6) is 11.5 Å². The van der Waals surface area contributed by atoms with E-state index in [0.717, 1.165) is 45.3 Å². The van der Waals surface area contributed by atoms with Crippen LogP contribution in [0.15, 0.2) is 54.3 Å². The minimum absolute atomic E-state index is 0. The van der Waals surface area contributed by atoms with E-state index in [2.05, 4.69) is 14.9 Å². The fraction of sp³-hybridized carbons (Fsp3) is 0.429. The van der Waals surface area contributed by atoms with Gasteiger partial charge in [0.15, 0.2) is 29.0 Å². The number of amides is 1. The lowest BCUT2D eigenvalue weighted by atomic mass is 9.86. The van der Waals surface area contributed by atoms with Crippen molar-refractivity contribution in [3.05, 3.63) is 85.2 Å². The summed E-state index contributed by atoms with van der Waals surface area (Å²) in [5.74, 6) is 0.0622. The van der Waals surface area contributed by atoms with Crippen LogP contribution in [0.25, 0.3) is 0 Å². The lowest BCUT2D eigenvalue weighted by molar-refractivity contribution is -0.377.